The molecule has 1 aliphatic heterocycles. The summed E-state index contributed by atoms with van der Waals surface area (Å²) in [5, 5.41) is 14.2. The zero-order valence-corrected chi connectivity index (χ0v) is 14.9. The highest BCUT2D eigenvalue weighted by atomic mass is 16.6. The standard InChI is InChI=1S/C22H17N3O3/c26-22-19-8-4-5-9-20(19)23-21(24(22)17-6-2-1-3-7-17)15-12-16-10-13-18(14-11-16)25(27)28/h1-15,21,23H/b15-12+/t21-/m1/s1. The first-order chi connectivity index (χ1) is 13.6. The van der Waals surface area contributed by atoms with Gasteiger partial charge in [0.25, 0.3) is 11.6 Å². The molecule has 0 saturated carbocycles. The Bertz CT molecular complexity index is 1050. The summed E-state index contributed by atoms with van der Waals surface area (Å²) in [6, 6.07) is 23.1. The molecule has 1 amide bonds. The highest BCUT2D eigenvalue weighted by Gasteiger charge is 2.31. The van der Waals surface area contributed by atoms with E-state index in [0.717, 1.165) is 16.9 Å². The molecule has 1 N–H and O–H groups in total. The number of amides is 1. The summed E-state index contributed by atoms with van der Waals surface area (Å²) in [6.45, 7) is 0. The lowest BCUT2D eigenvalue weighted by atomic mass is 10.1. The first kappa shape index (κ1) is 17.5. The van der Waals surface area contributed by atoms with Gasteiger partial charge in [0.1, 0.15) is 6.17 Å². The second kappa shape index (κ2) is 7.36. The maximum absolute atomic E-state index is 13.1. The number of anilines is 2. The van der Waals surface area contributed by atoms with Crippen LogP contribution >= 0.6 is 0 Å². The maximum Gasteiger partial charge on any atom is 0.269 e. The Morgan fingerprint density at radius 3 is 2.32 bits per heavy atom. The molecule has 138 valence electrons. The van der Waals surface area contributed by atoms with Gasteiger partial charge >= 0.3 is 0 Å². The average Bonchev–Trinajstić information content (AvgIpc) is 2.73. The van der Waals surface area contributed by atoms with E-state index >= 15 is 0 Å². The molecule has 3 aromatic rings. The van der Waals surface area contributed by atoms with Crippen LogP contribution in [0.4, 0.5) is 17.1 Å². The van der Waals surface area contributed by atoms with Crippen LogP contribution < -0.4 is 10.2 Å². The van der Waals surface area contributed by atoms with Gasteiger partial charge in [0, 0.05) is 23.5 Å². The van der Waals surface area contributed by atoms with E-state index < -0.39 is 4.92 Å². The molecular weight excluding hydrogens is 354 g/mol. The summed E-state index contributed by atoms with van der Waals surface area (Å²) < 4.78 is 0. The Kier molecular flexibility index (Phi) is 4.60. The van der Waals surface area contributed by atoms with Crippen LogP contribution in [0.5, 0.6) is 0 Å². The Morgan fingerprint density at radius 1 is 0.929 bits per heavy atom. The molecular formula is C22H17N3O3. The van der Waals surface area contributed by atoms with Crippen molar-refractivity contribution in [2.45, 2.75) is 6.17 Å². The van der Waals surface area contributed by atoms with Crippen molar-refractivity contribution < 1.29 is 9.72 Å². The number of carbonyl (C=O) groups is 1. The minimum absolute atomic E-state index is 0.0444. The fourth-order valence-electron chi connectivity index (χ4n) is 3.19. The number of carbonyl (C=O) groups excluding carboxylic acids is 1. The van der Waals surface area contributed by atoms with Crippen molar-refractivity contribution >= 4 is 29.0 Å². The van der Waals surface area contributed by atoms with Crippen molar-refractivity contribution in [2.75, 3.05) is 10.2 Å². The molecule has 0 fully saturated rings. The molecule has 6 heteroatoms. The number of nitrogens with one attached hydrogen (secondary N) is 1. The lowest BCUT2D eigenvalue weighted by Crippen LogP contribution is -2.48. The number of hydrogen-bond acceptors (Lipinski definition) is 4. The molecule has 0 aromatic heterocycles. The fourth-order valence-corrected chi connectivity index (χ4v) is 3.19. The van der Waals surface area contributed by atoms with Gasteiger partial charge in [-0.05, 0) is 48.0 Å². The van der Waals surface area contributed by atoms with E-state index in [9.17, 15) is 14.9 Å². The third-order valence-electron chi connectivity index (χ3n) is 4.57. The first-order valence-corrected chi connectivity index (χ1v) is 8.80. The van der Waals surface area contributed by atoms with Crippen LogP contribution in [0.3, 0.4) is 0 Å². The summed E-state index contributed by atoms with van der Waals surface area (Å²) in [7, 11) is 0. The van der Waals surface area contributed by atoms with Gasteiger partial charge < -0.3 is 5.32 Å². The smallest absolute Gasteiger partial charge is 0.269 e. The normalized spacial score (nSPS) is 15.9. The largest absolute Gasteiger partial charge is 0.361 e. The fraction of sp³-hybridized carbons (Fsp3) is 0.0455. The van der Waals surface area contributed by atoms with Crippen LogP contribution in [0.2, 0.25) is 0 Å². The van der Waals surface area contributed by atoms with Crippen molar-refractivity contribution in [3.63, 3.8) is 0 Å². The molecule has 0 bridgehead atoms. The summed E-state index contributed by atoms with van der Waals surface area (Å²) in [6.07, 6.45) is 3.33. The van der Waals surface area contributed by atoms with Crippen molar-refractivity contribution in [1.82, 2.24) is 0 Å². The molecule has 0 radical (unpaired) electrons. The summed E-state index contributed by atoms with van der Waals surface area (Å²) >= 11 is 0. The third kappa shape index (κ3) is 3.35. The van der Waals surface area contributed by atoms with Gasteiger partial charge in [0.05, 0.1) is 10.5 Å². The average molecular weight is 371 g/mol. The van der Waals surface area contributed by atoms with Crippen LogP contribution in [0.1, 0.15) is 15.9 Å². The van der Waals surface area contributed by atoms with Crippen LogP contribution in [0, 0.1) is 10.1 Å². The minimum Gasteiger partial charge on any atom is -0.361 e. The molecule has 0 saturated heterocycles. The quantitative estimate of drug-likeness (QED) is 0.532. The van der Waals surface area contributed by atoms with E-state index in [2.05, 4.69) is 5.32 Å². The minimum atomic E-state index is -0.428. The molecule has 6 nitrogen and oxygen atoms in total. The number of non-ortho nitro benzene ring substituents is 1. The Hall–Kier alpha value is -3.93. The van der Waals surface area contributed by atoms with Gasteiger partial charge in [-0.1, -0.05) is 36.4 Å². The number of para-hydroxylation sites is 2. The molecule has 4 rings (SSSR count). The number of nitrogens with zero attached hydrogens (tertiary/aromatic N) is 2. The lowest BCUT2D eigenvalue weighted by molar-refractivity contribution is -0.384. The van der Waals surface area contributed by atoms with Crippen molar-refractivity contribution in [3.05, 3.63) is 106 Å². The Labute approximate surface area is 161 Å². The summed E-state index contributed by atoms with van der Waals surface area (Å²) in [5.74, 6) is -0.0844. The molecule has 0 aliphatic carbocycles. The van der Waals surface area contributed by atoms with Gasteiger partial charge in [-0.2, -0.15) is 0 Å². The van der Waals surface area contributed by atoms with Gasteiger partial charge in [-0.25, -0.2) is 0 Å². The number of fused-ring (bicyclic) bond motifs is 1. The maximum atomic E-state index is 13.1. The monoisotopic (exact) mass is 371 g/mol. The molecule has 1 atom stereocenters. The first-order valence-electron chi connectivity index (χ1n) is 8.80. The van der Waals surface area contributed by atoms with Crippen LogP contribution in [0.15, 0.2) is 84.9 Å². The van der Waals surface area contributed by atoms with Gasteiger partial charge in [-0.3, -0.25) is 19.8 Å². The zero-order valence-electron chi connectivity index (χ0n) is 14.9. The number of nitro groups is 1. The highest BCUT2D eigenvalue weighted by Crippen LogP contribution is 2.30. The molecule has 1 aliphatic rings. The second-order valence-electron chi connectivity index (χ2n) is 6.35. The van der Waals surface area contributed by atoms with E-state index in [0.29, 0.717) is 5.56 Å². The van der Waals surface area contributed by atoms with Crippen molar-refractivity contribution in [3.8, 4) is 0 Å². The molecule has 1 heterocycles. The Balaban J connectivity index is 1.68. The van der Waals surface area contributed by atoms with Crippen molar-refractivity contribution in [2.24, 2.45) is 0 Å². The SMILES string of the molecule is O=C1c2ccccc2N[C@@H](/C=C/c2ccc([N+](=O)[O-])cc2)N1c1ccccc1. The lowest BCUT2D eigenvalue weighted by Gasteiger charge is -2.36. The zero-order chi connectivity index (χ0) is 19.5. The second-order valence-corrected chi connectivity index (χ2v) is 6.35. The van der Waals surface area contributed by atoms with E-state index in [1.807, 2.05) is 60.7 Å². The molecule has 0 spiro atoms. The number of hydrogen-bond donors (Lipinski definition) is 1. The van der Waals surface area contributed by atoms with Gasteiger partial charge in [0.2, 0.25) is 0 Å². The van der Waals surface area contributed by atoms with Gasteiger partial charge in [0.15, 0.2) is 0 Å². The topological polar surface area (TPSA) is 75.5 Å². The van der Waals surface area contributed by atoms with E-state index in [4.69, 9.17) is 0 Å². The van der Waals surface area contributed by atoms with Crippen LogP contribution in [0.25, 0.3) is 6.08 Å². The van der Waals surface area contributed by atoms with Gasteiger partial charge in [-0.15, -0.1) is 0 Å². The van der Waals surface area contributed by atoms with E-state index in [1.165, 1.54) is 12.1 Å². The number of benzene rings is 3. The predicted molar refractivity (Wildman–Crippen MR) is 109 cm³/mol. The number of nitro benzene ring substituents is 1. The molecule has 28 heavy (non-hydrogen) atoms. The molecule has 3 aromatic carbocycles. The van der Waals surface area contributed by atoms with Crippen LogP contribution in [-0.2, 0) is 0 Å². The van der Waals surface area contributed by atoms with Crippen LogP contribution in [-0.4, -0.2) is 17.0 Å². The predicted octanol–water partition coefficient (Wildman–Crippen LogP) is 4.71. The number of rotatable bonds is 4. The molecule has 0 unspecified atom stereocenters. The van der Waals surface area contributed by atoms with E-state index in [-0.39, 0.29) is 17.8 Å². The highest BCUT2D eigenvalue weighted by molar-refractivity contribution is 6.12. The third-order valence-corrected chi connectivity index (χ3v) is 4.57. The summed E-state index contributed by atoms with van der Waals surface area (Å²) in [4.78, 5) is 25.2. The van der Waals surface area contributed by atoms with Crippen molar-refractivity contribution in [1.29, 1.82) is 0 Å². The van der Waals surface area contributed by atoms with E-state index in [1.54, 1.807) is 23.1 Å². The summed E-state index contributed by atoms with van der Waals surface area (Å²) in [5.41, 5.74) is 3.03. The Morgan fingerprint density at radius 2 is 1.61 bits per heavy atom.